The largest absolute Gasteiger partial charge is 0.480 e. The van der Waals surface area contributed by atoms with Crippen molar-refractivity contribution in [2.75, 3.05) is 25.6 Å². The lowest BCUT2D eigenvalue weighted by atomic mass is 10.1. The van der Waals surface area contributed by atoms with Gasteiger partial charge >= 0.3 is 0 Å². The van der Waals surface area contributed by atoms with Gasteiger partial charge in [-0.15, -0.1) is 0 Å². The standard InChI is InChI=1S/C19H26N6O2/c1-19(2,3)24-15(26)11-25(4)18-12-7-6-8-13(12)22-17(23-18)14-9-21-16(27-5)10-20-14/h9-10H,6-8,11H2,1-5H3,(H,24,26). The fourth-order valence-corrected chi connectivity index (χ4v) is 3.13. The van der Waals surface area contributed by atoms with Crippen LogP contribution in [0.1, 0.15) is 38.4 Å². The lowest BCUT2D eigenvalue weighted by Crippen LogP contribution is -2.45. The van der Waals surface area contributed by atoms with Crippen LogP contribution < -0.4 is 15.0 Å². The first-order valence-corrected chi connectivity index (χ1v) is 9.05. The van der Waals surface area contributed by atoms with Crippen molar-refractivity contribution in [1.82, 2.24) is 25.3 Å². The number of aryl methyl sites for hydroxylation is 1. The molecule has 2 aromatic rings. The van der Waals surface area contributed by atoms with E-state index < -0.39 is 0 Å². The Balaban J connectivity index is 1.90. The van der Waals surface area contributed by atoms with E-state index in [2.05, 4.69) is 20.3 Å². The highest BCUT2D eigenvalue weighted by Gasteiger charge is 2.24. The predicted octanol–water partition coefficient (Wildman–Crippen LogP) is 1.78. The second kappa shape index (κ2) is 7.46. The Morgan fingerprint density at radius 3 is 2.63 bits per heavy atom. The lowest BCUT2D eigenvalue weighted by molar-refractivity contribution is -0.121. The summed E-state index contributed by atoms with van der Waals surface area (Å²) in [5, 5.41) is 2.99. The maximum atomic E-state index is 12.3. The maximum absolute atomic E-state index is 12.3. The van der Waals surface area contributed by atoms with E-state index in [0.29, 0.717) is 17.4 Å². The highest BCUT2D eigenvalue weighted by molar-refractivity contribution is 5.82. The summed E-state index contributed by atoms with van der Waals surface area (Å²) in [7, 11) is 3.43. The van der Waals surface area contributed by atoms with Gasteiger partial charge in [0, 0.05) is 23.8 Å². The van der Waals surface area contributed by atoms with E-state index in [-0.39, 0.29) is 18.0 Å². The third-order valence-corrected chi connectivity index (χ3v) is 4.23. The Kier molecular flexibility index (Phi) is 5.25. The zero-order valence-electron chi connectivity index (χ0n) is 16.5. The van der Waals surface area contributed by atoms with Crippen molar-refractivity contribution in [2.45, 2.75) is 45.6 Å². The summed E-state index contributed by atoms with van der Waals surface area (Å²) in [6.45, 7) is 6.13. The number of aromatic nitrogens is 4. The molecule has 1 N–H and O–H groups in total. The summed E-state index contributed by atoms with van der Waals surface area (Å²) in [5.41, 5.74) is 2.45. The molecule has 0 aromatic carbocycles. The first kappa shape index (κ1) is 19.0. The summed E-state index contributed by atoms with van der Waals surface area (Å²) in [6, 6.07) is 0. The zero-order valence-corrected chi connectivity index (χ0v) is 16.5. The van der Waals surface area contributed by atoms with E-state index in [0.717, 1.165) is 36.3 Å². The van der Waals surface area contributed by atoms with Gasteiger partial charge in [-0.25, -0.2) is 19.9 Å². The molecular weight excluding hydrogens is 344 g/mol. The van der Waals surface area contributed by atoms with Crippen molar-refractivity contribution in [3.63, 3.8) is 0 Å². The van der Waals surface area contributed by atoms with Crippen LogP contribution in [0.3, 0.4) is 0 Å². The van der Waals surface area contributed by atoms with E-state index in [1.807, 2.05) is 32.7 Å². The van der Waals surface area contributed by atoms with Gasteiger partial charge in [-0.1, -0.05) is 0 Å². The molecule has 0 atom stereocenters. The third-order valence-electron chi connectivity index (χ3n) is 4.23. The number of amides is 1. The molecule has 2 heterocycles. The molecule has 0 aliphatic heterocycles. The lowest BCUT2D eigenvalue weighted by Gasteiger charge is -2.25. The molecule has 0 radical (unpaired) electrons. The van der Waals surface area contributed by atoms with Gasteiger partial charge in [-0.3, -0.25) is 4.79 Å². The summed E-state index contributed by atoms with van der Waals surface area (Å²) < 4.78 is 5.06. The summed E-state index contributed by atoms with van der Waals surface area (Å²) >= 11 is 0. The van der Waals surface area contributed by atoms with Crippen LogP contribution in [-0.4, -0.2) is 52.1 Å². The monoisotopic (exact) mass is 370 g/mol. The molecule has 1 amide bonds. The molecule has 0 bridgehead atoms. The van der Waals surface area contributed by atoms with Crippen LogP contribution in [-0.2, 0) is 17.6 Å². The molecule has 1 aliphatic rings. The average molecular weight is 370 g/mol. The van der Waals surface area contributed by atoms with Crippen LogP contribution in [0.4, 0.5) is 5.82 Å². The van der Waals surface area contributed by atoms with Crippen molar-refractivity contribution in [3.05, 3.63) is 23.7 Å². The molecule has 3 rings (SSSR count). The van der Waals surface area contributed by atoms with Gasteiger partial charge in [0.2, 0.25) is 11.8 Å². The number of fused-ring (bicyclic) bond motifs is 1. The number of nitrogens with zero attached hydrogens (tertiary/aromatic N) is 5. The predicted molar refractivity (Wildman–Crippen MR) is 103 cm³/mol. The van der Waals surface area contributed by atoms with E-state index in [1.165, 1.54) is 0 Å². The van der Waals surface area contributed by atoms with Gasteiger partial charge in [0.1, 0.15) is 11.5 Å². The molecule has 2 aromatic heterocycles. The van der Waals surface area contributed by atoms with Crippen molar-refractivity contribution in [3.8, 4) is 17.4 Å². The number of carbonyl (C=O) groups excluding carboxylic acids is 1. The number of rotatable bonds is 5. The number of hydrogen-bond donors (Lipinski definition) is 1. The van der Waals surface area contributed by atoms with Crippen LogP contribution in [0.5, 0.6) is 5.88 Å². The van der Waals surface area contributed by atoms with Crippen molar-refractivity contribution < 1.29 is 9.53 Å². The van der Waals surface area contributed by atoms with E-state index in [4.69, 9.17) is 9.72 Å². The van der Waals surface area contributed by atoms with Gasteiger partial charge < -0.3 is 15.0 Å². The molecule has 27 heavy (non-hydrogen) atoms. The zero-order chi connectivity index (χ0) is 19.6. The van der Waals surface area contributed by atoms with Crippen molar-refractivity contribution >= 4 is 11.7 Å². The number of anilines is 1. The molecule has 8 heteroatoms. The topological polar surface area (TPSA) is 93.1 Å². The first-order valence-electron chi connectivity index (χ1n) is 9.05. The molecule has 0 unspecified atom stereocenters. The molecule has 8 nitrogen and oxygen atoms in total. The summed E-state index contributed by atoms with van der Waals surface area (Å²) in [5.74, 6) is 1.70. The minimum absolute atomic E-state index is 0.0406. The quantitative estimate of drug-likeness (QED) is 0.857. The maximum Gasteiger partial charge on any atom is 0.239 e. The van der Waals surface area contributed by atoms with E-state index >= 15 is 0 Å². The number of ether oxygens (including phenoxy) is 1. The van der Waals surface area contributed by atoms with Gasteiger partial charge in [0.25, 0.3) is 0 Å². The van der Waals surface area contributed by atoms with Gasteiger partial charge in [-0.2, -0.15) is 0 Å². The second-order valence-corrected chi connectivity index (χ2v) is 7.75. The van der Waals surface area contributed by atoms with E-state index in [9.17, 15) is 4.79 Å². The summed E-state index contributed by atoms with van der Waals surface area (Å²) in [6.07, 6.45) is 6.02. The molecular formula is C19H26N6O2. The number of hydrogen-bond acceptors (Lipinski definition) is 7. The fraction of sp³-hybridized carbons (Fsp3) is 0.526. The Bertz CT molecular complexity index is 829. The van der Waals surface area contributed by atoms with Crippen molar-refractivity contribution in [2.24, 2.45) is 0 Å². The number of nitrogens with one attached hydrogen (secondary N) is 1. The normalized spacial score (nSPS) is 13.2. The molecule has 1 aliphatic carbocycles. The number of methoxy groups -OCH3 is 1. The third kappa shape index (κ3) is 4.50. The molecule has 0 saturated heterocycles. The van der Waals surface area contributed by atoms with Crippen LogP contribution in [0.25, 0.3) is 11.5 Å². The number of likely N-dealkylation sites (N-methyl/N-ethyl adjacent to an activating group) is 1. The fourth-order valence-electron chi connectivity index (χ4n) is 3.13. The first-order chi connectivity index (χ1) is 12.8. The van der Waals surface area contributed by atoms with Gasteiger partial charge in [0.15, 0.2) is 5.82 Å². The Labute approximate surface area is 159 Å². The van der Waals surface area contributed by atoms with Gasteiger partial charge in [-0.05, 0) is 40.0 Å². The number of carbonyl (C=O) groups is 1. The van der Waals surface area contributed by atoms with Crippen LogP contribution in [0.2, 0.25) is 0 Å². The summed E-state index contributed by atoms with van der Waals surface area (Å²) in [4.78, 5) is 32.1. The Morgan fingerprint density at radius 1 is 1.22 bits per heavy atom. The highest BCUT2D eigenvalue weighted by atomic mass is 16.5. The average Bonchev–Trinajstić information content (AvgIpc) is 3.07. The van der Waals surface area contributed by atoms with E-state index in [1.54, 1.807) is 19.5 Å². The van der Waals surface area contributed by atoms with Crippen molar-refractivity contribution in [1.29, 1.82) is 0 Å². The van der Waals surface area contributed by atoms with Crippen LogP contribution in [0, 0.1) is 0 Å². The molecule has 0 spiro atoms. The SMILES string of the molecule is COc1cnc(-c2nc3c(c(N(C)CC(=O)NC(C)(C)C)n2)CCC3)cn1. The van der Waals surface area contributed by atoms with Crippen LogP contribution >= 0.6 is 0 Å². The van der Waals surface area contributed by atoms with Crippen LogP contribution in [0.15, 0.2) is 12.4 Å². The Hall–Kier alpha value is -2.77. The second-order valence-electron chi connectivity index (χ2n) is 7.75. The molecule has 0 saturated carbocycles. The minimum atomic E-state index is -0.268. The highest BCUT2D eigenvalue weighted by Crippen LogP contribution is 2.30. The Morgan fingerprint density at radius 2 is 2.00 bits per heavy atom. The molecule has 144 valence electrons. The minimum Gasteiger partial charge on any atom is -0.480 e. The molecule has 0 fully saturated rings. The van der Waals surface area contributed by atoms with Gasteiger partial charge in [0.05, 0.1) is 26.0 Å². The smallest absolute Gasteiger partial charge is 0.239 e.